The Kier molecular flexibility index (Phi) is 5.39. The molecule has 0 unspecified atom stereocenters. The number of rotatable bonds is 3. The van der Waals surface area contributed by atoms with E-state index in [0.717, 1.165) is 25.7 Å². The highest BCUT2D eigenvalue weighted by Crippen LogP contribution is 2.31. The molecule has 8 heteroatoms. The third kappa shape index (κ3) is 3.55. The molecule has 4 atom stereocenters. The van der Waals surface area contributed by atoms with Crippen molar-refractivity contribution < 1.29 is 24.9 Å². The van der Waals surface area contributed by atoms with Gasteiger partial charge in [0.15, 0.2) is 11.9 Å². The summed E-state index contributed by atoms with van der Waals surface area (Å²) < 4.78 is 6.90. The van der Waals surface area contributed by atoms with E-state index in [4.69, 9.17) is 10.5 Å². The summed E-state index contributed by atoms with van der Waals surface area (Å²) in [5.74, 6) is 5.67. The average Bonchev–Trinajstić information content (AvgIpc) is 3.16. The van der Waals surface area contributed by atoms with Gasteiger partial charge in [0, 0.05) is 5.92 Å². The zero-order chi connectivity index (χ0) is 18.0. The Hall–Kier alpha value is -1.92. The highest BCUT2D eigenvalue weighted by atomic mass is 16.6. The number of aliphatic hydroxyl groups excluding tert-OH is 3. The third-order valence-electron chi connectivity index (χ3n) is 4.82. The van der Waals surface area contributed by atoms with Crippen LogP contribution in [0.25, 0.3) is 0 Å². The maximum Gasteiger partial charge on any atom is 0.270 e. The van der Waals surface area contributed by atoms with Crippen molar-refractivity contribution in [2.45, 2.75) is 56.6 Å². The number of hydrogen-bond acceptors (Lipinski definition) is 6. The van der Waals surface area contributed by atoms with Crippen LogP contribution in [0.15, 0.2) is 6.33 Å². The van der Waals surface area contributed by atoms with Crippen molar-refractivity contribution in [2.24, 2.45) is 11.7 Å². The molecule has 1 saturated heterocycles. The van der Waals surface area contributed by atoms with E-state index in [0.29, 0.717) is 0 Å². The molecule has 1 saturated carbocycles. The Balaban J connectivity index is 1.92. The Morgan fingerprint density at radius 2 is 2.04 bits per heavy atom. The minimum atomic E-state index is -1.28. The van der Waals surface area contributed by atoms with E-state index in [1.807, 2.05) is 0 Å². The summed E-state index contributed by atoms with van der Waals surface area (Å²) in [5.41, 5.74) is 5.63. The molecule has 1 aliphatic heterocycles. The van der Waals surface area contributed by atoms with Crippen molar-refractivity contribution in [1.29, 1.82) is 0 Å². The predicted octanol–water partition coefficient (Wildman–Crippen LogP) is -0.475. The molecule has 1 aromatic heterocycles. The van der Waals surface area contributed by atoms with E-state index in [2.05, 4.69) is 16.8 Å². The van der Waals surface area contributed by atoms with Crippen LogP contribution < -0.4 is 5.73 Å². The fourth-order valence-corrected chi connectivity index (χ4v) is 3.39. The molecule has 0 radical (unpaired) electrons. The summed E-state index contributed by atoms with van der Waals surface area (Å²) in [7, 11) is 0. The maximum absolute atomic E-state index is 11.7. The first kappa shape index (κ1) is 17.9. The van der Waals surface area contributed by atoms with Gasteiger partial charge < -0.3 is 25.8 Å². The fraction of sp³-hybridized carbons (Fsp3) is 0.647. The van der Waals surface area contributed by atoms with Gasteiger partial charge in [-0.25, -0.2) is 4.98 Å². The number of primary amides is 1. The number of amides is 1. The van der Waals surface area contributed by atoms with Crippen LogP contribution in [0.3, 0.4) is 0 Å². The Labute approximate surface area is 145 Å². The number of nitrogens with two attached hydrogens (primary N) is 1. The first-order chi connectivity index (χ1) is 12.0. The van der Waals surface area contributed by atoms with Gasteiger partial charge in [-0.1, -0.05) is 25.2 Å². The topological polar surface area (TPSA) is 131 Å². The van der Waals surface area contributed by atoms with Gasteiger partial charge in [0.1, 0.15) is 24.0 Å². The molecule has 0 bridgehead atoms. The summed E-state index contributed by atoms with van der Waals surface area (Å²) in [6, 6.07) is 0. The minimum Gasteiger partial charge on any atom is -0.394 e. The van der Waals surface area contributed by atoms with Gasteiger partial charge in [-0.2, -0.15) is 0 Å². The van der Waals surface area contributed by atoms with E-state index in [1.165, 1.54) is 17.3 Å². The second-order valence-corrected chi connectivity index (χ2v) is 6.55. The summed E-state index contributed by atoms with van der Waals surface area (Å²) in [4.78, 5) is 15.6. The standard InChI is InChI=1S/C17H23N3O5/c18-16(24)13-11(7-6-10-4-2-1-3-5-10)20(9-19-13)17-15(23)14(22)12(8-21)25-17/h9-10,12,14-15,17,21-23H,1-5,8H2,(H2,18,24)/t12-,14-,15-,17-/m1/s1. The molecule has 1 amide bonds. The smallest absolute Gasteiger partial charge is 0.270 e. The zero-order valence-electron chi connectivity index (χ0n) is 13.8. The van der Waals surface area contributed by atoms with Crippen LogP contribution in [0.5, 0.6) is 0 Å². The van der Waals surface area contributed by atoms with E-state index < -0.39 is 37.1 Å². The van der Waals surface area contributed by atoms with Crippen molar-refractivity contribution in [1.82, 2.24) is 9.55 Å². The second kappa shape index (κ2) is 7.54. The fourth-order valence-electron chi connectivity index (χ4n) is 3.39. The van der Waals surface area contributed by atoms with E-state index in [-0.39, 0.29) is 17.3 Å². The molecule has 136 valence electrons. The lowest BCUT2D eigenvalue weighted by Gasteiger charge is -2.18. The van der Waals surface area contributed by atoms with Gasteiger partial charge in [0.25, 0.3) is 5.91 Å². The van der Waals surface area contributed by atoms with Gasteiger partial charge in [-0.15, -0.1) is 0 Å². The van der Waals surface area contributed by atoms with Crippen LogP contribution >= 0.6 is 0 Å². The van der Waals surface area contributed by atoms with Gasteiger partial charge in [0.2, 0.25) is 0 Å². The number of carbonyl (C=O) groups is 1. The van der Waals surface area contributed by atoms with Gasteiger partial charge >= 0.3 is 0 Å². The Bertz CT molecular complexity index is 686. The van der Waals surface area contributed by atoms with Crippen LogP contribution in [0.4, 0.5) is 0 Å². The molecule has 0 aromatic carbocycles. The molecule has 5 N–H and O–H groups in total. The highest BCUT2D eigenvalue weighted by Gasteiger charge is 2.44. The van der Waals surface area contributed by atoms with Crippen LogP contribution in [-0.2, 0) is 4.74 Å². The quantitative estimate of drug-likeness (QED) is 0.546. The van der Waals surface area contributed by atoms with Gasteiger partial charge in [0.05, 0.1) is 12.9 Å². The Morgan fingerprint density at radius 1 is 1.32 bits per heavy atom. The normalized spacial score (nSPS) is 30.0. The van der Waals surface area contributed by atoms with Crippen LogP contribution in [-0.4, -0.2) is 55.7 Å². The zero-order valence-corrected chi connectivity index (χ0v) is 13.8. The van der Waals surface area contributed by atoms with Crippen molar-refractivity contribution in [3.8, 4) is 11.8 Å². The summed E-state index contributed by atoms with van der Waals surface area (Å²) in [6.07, 6.45) is 2.39. The molecule has 1 aliphatic carbocycles. The third-order valence-corrected chi connectivity index (χ3v) is 4.82. The molecule has 2 fully saturated rings. The number of carbonyl (C=O) groups excluding carboxylic acids is 1. The van der Waals surface area contributed by atoms with Gasteiger partial charge in [-0.05, 0) is 18.8 Å². The van der Waals surface area contributed by atoms with E-state index in [9.17, 15) is 20.1 Å². The van der Waals surface area contributed by atoms with Crippen molar-refractivity contribution in [2.75, 3.05) is 6.61 Å². The average molecular weight is 349 g/mol. The van der Waals surface area contributed by atoms with Crippen molar-refractivity contribution in [3.63, 3.8) is 0 Å². The maximum atomic E-state index is 11.7. The lowest BCUT2D eigenvalue weighted by atomic mass is 9.90. The van der Waals surface area contributed by atoms with Crippen LogP contribution in [0.2, 0.25) is 0 Å². The highest BCUT2D eigenvalue weighted by molar-refractivity contribution is 5.93. The molecule has 2 aliphatic rings. The lowest BCUT2D eigenvalue weighted by Crippen LogP contribution is -2.33. The molecule has 25 heavy (non-hydrogen) atoms. The van der Waals surface area contributed by atoms with Gasteiger partial charge in [-0.3, -0.25) is 9.36 Å². The molecular formula is C17H23N3O5. The Morgan fingerprint density at radius 3 is 2.64 bits per heavy atom. The molecule has 2 heterocycles. The summed E-state index contributed by atoms with van der Waals surface area (Å²) in [5, 5.41) is 29.4. The number of aliphatic hydroxyl groups is 3. The second-order valence-electron chi connectivity index (χ2n) is 6.55. The van der Waals surface area contributed by atoms with Crippen LogP contribution in [0.1, 0.15) is 54.5 Å². The van der Waals surface area contributed by atoms with E-state index >= 15 is 0 Å². The SMILES string of the molecule is NC(=O)c1ncn([C@@H]2O[C@H](CO)[C@@H](O)[C@H]2O)c1C#CC1CCCCC1. The van der Waals surface area contributed by atoms with E-state index in [1.54, 1.807) is 0 Å². The first-order valence-corrected chi connectivity index (χ1v) is 8.53. The summed E-state index contributed by atoms with van der Waals surface area (Å²) >= 11 is 0. The number of ether oxygens (including phenoxy) is 1. The molecule has 8 nitrogen and oxygen atoms in total. The first-order valence-electron chi connectivity index (χ1n) is 8.53. The molecular weight excluding hydrogens is 326 g/mol. The number of aromatic nitrogens is 2. The van der Waals surface area contributed by atoms with Crippen molar-refractivity contribution in [3.05, 3.63) is 17.7 Å². The minimum absolute atomic E-state index is 0.000970. The molecule has 0 spiro atoms. The van der Waals surface area contributed by atoms with Crippen molar-refractivity contribution >= 4 is 5.91 Å². The molecule has 1 aromatic rings. The number of hydrogen-bond donors (Lipinski definition) is 4. The summed E-state index contributed by atoms with van der Waals surface area (Å²) in [6.45, 7) is -0.435. The lowest BCUT2D eigenvalue weighted by molar-refractivity contribution is -0.0531. The molecule has 3 rings (SSSR count). The predicted molar refractivity (Wildman–Crippen MR) is 87.2 cm³/mol. The number of imidazole rings is 1. The number of nitrogens with zero attached hydrogens (tertiary/aromatic N) is 2. The monoisotopic (exact) mass is 349 g/mol. The largest absolute Gasteiger partial charge is 0.394 e. The van der Waals surface area contributed by atoms with Crippen LogP contribution in [0, 0.1) is 17.8 Å².